The molecule has 0 saturated carbocycles. The molecule has 0 aliphatic carbocycles. The van der Waals surface area contributed by atoms with Crippen LogP contribution >= 0.6 is 0 Å². The Morgan fingerprint density at radius 2 is 1.60 bits per heavy atom. The molecule has 0 atom stereocenters. The predicted octanol–water partition coefficient (Wildman–Crippen LogP) is 0.768. The number of pyridine rings is 2. The Balaban J connectivity index is 1.73. The molecule has 3 rings (SSSR count). The quantitative estimate of drug-likeness (QED) is 0.363. The standard InChI is InChI=1S/C24H28N6O5/c1-2-35-23(33)8-12-28-21(31)7-11-27-20-13-22(32)30(17-19-6-4-10-26-15-19)24(34)29(20)16-18-5-3-9-25-14-18/h3-6,9-10,13-15,27H,2,7-8,11-12,16-17H2,1H3,(H,28,31). The summed E-state index contributed by atoms with van der Waals surface area (Å²) in [6, 6.07) is 8.46. The Labute approximate surface area is 201 Å². The summed E-state index contributed by atoms with van der Waals surface area (Å²) in [4.78, 5) is 57.6. The Morgan fingerprint density at radius 3 is 2.20 bits per heavy atom. The van der Waals surface area contributed by atoms with Gasteiger partial charge in [-0.15, -0.1) is 0 Å². The maximum atomic E-state index is 13.3. The average Bonchev–Trinajstić information content (AvgIpc) is 2.85. The molecule has 184 valence electrons. The first-order valence-corrected chi connectivity index (χ1v) is 11.3. The summed E-state index contributed by atoms with van der Waals surface area (Å²) in [5.41, 5.74) is 0.537. The summed E-state index contributed by atoms with van der Waals surface area (Å²) < 4.78 is 7.40. The van der Waals surface area contributed by atoms with Crippen molar-refractivity contribution in [1.82, 2.24) is 24.4 Å². The van der Waals surface area contributed by atoms with E-state index in [-0.39, 0.29) is 50.9 Å². The first kappa shape index (κ1) is 25.3. The Morgan fingerprint density at radius 1 is 0.943 bits per heavy atom. The smallest absolute Gasteiger partial charge is 0.333 e. The highest BCUT2D eigenvalue weighted by molar-refractivity contribution is 5.77. The second-order valence-corrected chi connectivity index (χ2v) is 7.63. The van der Waals surface area contributed by atoms with Gasteiger partial charge < -0.3 is 15.4 Å². The van der Waals surface area contributed by atoms with Crippen LogP contribution in [0.4, 0.5) is 5.82 Å². The van der Waals surface area contributed by atoms with E-state index in [2.05, 4.69) is 20.6 Å². The second kappa shape index (κ2) is 12.8. The molecule has 0 fully saturated rings. The fraction of sp³-hybridized carbons (Fsp3) is 0.333. The van der Waals surface area contributed by atoms with E-state index in [1.54, 1.807) is 49.9 Å². The van der Waals surface area contributed by atoms with Crippen molar-refractivity contribution in [2.24, 2.45) is 0 Å². The first-order chi connectivity index (χ1) is 17.0. The lowest BCUT2D eigenvalue weighted by molar-refractivity contribution is -0.143. The number of carbonyl (C=O) groups excluding carboxylic acids is 2. The molecule has 3 aromatic heterocycles. The molecule has 0 saturated heterocycles. The minimum Gasteiger partial charge on any atom is -0.466 e. The molecule has 0 aliphatic heterocycles. The molecular weight excluding hydrogens is 452 g/mol. The third-order valence-electron chi connectivity index (χ3n) is 5.02. The van der Waals surface area contributed by atoms with Gasteiger partial charge in [0.05, 0.1) is 26.1 Å². The molecule has 0 spiro atoms. The van der Waals surface area contributed by atoms with E-state index >= 15 is 0 Å². The maximum Gasteiger partial charge on any atom is 0.333 e. The van der Waals surface area contributed by atoms with Crippen molar-refractivity contribution >= 4 is 17.7 Å². The number of amides is 1. The number of anilines is 1. The van der Waals surface area contributed by atoms with Crippen molar-refractivity contribution in [3.63, 3.8) is 0 Å². The molecule has 0 unspecified atom stereocenters. The number of hydrogen-bond acceptors (Lipinski definition) is 8. The van der Waals surface area contributed by atoms with Gasteiger partial charge in [-0.1, -0.05) is 12.1 Å². The average molecular weight is 481 g/mol. The van der Waals surface area contributed by atoms with Gasteiger partial charge in [-0.25, -0.2) is 4.79 Å². The van der Waals surface area contributed by atoms with Crippen molar-refractivity contribution in [2.45, 2.75) is 32.9 Å². The zero-order valence-corrected chi connectivity index (χ0v) is 19.5. The van der Waals surface area contributed by atoms with Crippen LogP contribution in [0.2, 0.25) is 0 Å². The summed E-state index contributed by atoms with van der Waals surface area (Å²) in [6.45, 7) is 2.64. The molecule has 11 nitrogen and oxygen atoms in total. The summed E-state index contributed by atoms with van der Waals surface area (Å²) in [7, 11) is 0. The Hall–Kier alpha value is -4.28. The highest BCUT2D eigenvalue weighted by Gasteiger charge is 2.13. The van der Waals surface area contributed by atoms with Crippen molar-refractivity contribution < 1.29 is 14.3 Å². The third kappa shape index (κ3) is 7.63. The highest BCUT2D eigenvalue weighted by Crippen LogP contribution is 2.07. The van der Waals surface area contributed by atoms with Gasteiger partial charge in [-0.05, 0) is 30.2 Å². The van der Waals surface area contributed by atoms with Crippen LogP contribution in [0, 0.1) is 0 Å². The summed E-state index contributed by atoms with van der Waals surface area (Å²) in [5.74, 6) is -0.351. The van der Waals surface area contributed by atoms with E-state index in [9.17, 15) is 19.2 Å². The molecule has 11 heteroatoms. The minimum atomic E-state index is -0.494. The lowest BCUT2D eigenvalue weighted by atomic mass is 10.2. The number of rotatable bonds is 12. The van der Waals surface area contributed by atoms with E-state index in [0.29, 0.717) is 12.4 Å². The monoisotopic (exact) mass is 480 g/mol. The number of carbonyl (C=O) groups is 2. The molecule has 3 aromatic rings. The van der Waals surface area contributed by atoms with Gasteiger partial charge in [0, 0.05) is 50.4 Å². The summed E-state index contributed by atoms with van der Waals surface area (Å²) in [6.07, 6.45) is 6.67. The lowest BCUT2D eigenvalue weighted by Gasteiger charge is -2.17. The Kier molecular flexibility index (Phi) is 9.29. The number of hydrogen-bond donors (Lipinski definition) is 2. The van der Waals surface area contributed by atoms with E-state index in [1.807, 2.05) is 6.07 Å². The van der Waals surface area contributed by atoms with Crippen LogP contribution in [0.15, 0.2) is 64.7 Å². The predicted molar refractivity (Wildman–Crippen MR) is 129 cm³/mol. The summed E-state index contributed by atoms with van der Waals surface area (Å²) >= 11 is 0. The normalized spacial score (nSPS) is 10.5. The van der Waals surface area contributed by atoms with Crippen LogP contribution in [0.25, 0.3) is 0 Å². The molecule has 35 heavy (non-hydrogen) atoms. The van der Waals surface area contributed by atoms with E-state index in [4.69, 9.17) is 4.74 Å². The minimum absolute atomic E-state index is 0.0850. The van der Waals surface area contributed by atoms with Gasteiger partial charge >= 0.3 is 11.7 Å². The van der Waals surface area contributed by atoms with Crippen LogP contribution in [-0.4, -0.2) is 50.7 Å². The molecular formula is C24H28N6O5. The Bertz CT molecular complexity index is 1240. The SMILES string of the molecule is CCOC(=O)CCNC(=O)CCNc1cc(=O)n(Cc2cccnc2)c(=O)n1Cc1cccnc1. The van der Waals surface area contributed by atoms with Crippen molar-refractivity contribution in [3.8, 4) is 0 Å². The zero-order valence-electron chi connectivity index (χ0n) is 19.5. The van der Waals surface area contributed by atoms with Crippen molar-refractivity contribution in [3.05, 3.63) is 87.1 Å². The molecule has 3 heterocycles. The maximum absolute atomic E-state index is 13.3. The molecule has 2 N–H and O–H groups in total. The van der Waals surface area contributed by atoms with Gasteiger partial charge in [0.2, 0.25) is 5.91 Å². The topological polar surface area (TPSA) is 137 Å². The molecule has 1 amide bonds. The fourth-order valence-corrected chi connectivity index (χ4v) is 3.34. The van der Waals surface area contributed by atoms with E-state index in [1.165, 1.54) is 10.6 Å². The number of nitrogens with zero attached hydrogens (tertiary/aromatic N) is 4. The van der Waals surface area contributed by atoms with Crippen LogP contribution in [0.1, 0.15) is 30.9 Å². The van der Waals surface area contributed by atoms with Crippen LogP contribution in [0.3, 0.4) is 0 Å². The van der Waals surface area contributed by atoms with Gasteiger partial charge in [0.1, 0.15) is 5.82 Å². The first-order valence-electron chi connectivity index (χ1n) is 11.3. The molecule has 0 aliphatic rings. The molecule has 0 radical (unpaired) electrons. The number of esters is 1. The fourth-order valence-electron chi connectivity index (χ4n) is 3.34. The van der Waals surface area contributed by atoms with Crippen molar-refractivity contribution in [1.29, 1.82) is 0 Å². The van der Waals surface area contributed by atoms with Gasteiger partial charge in [0.15, 0.2) is 0 Å². The van der Waals surface area contributed by atoms with Gasteiger partial charge in [-0.2, -0.15) is 0 Å². The second-order valence-electron chi connectivity index (χ2n) is 7.63. The number of ether oxygens (including phenoxy) is 1. The van der Waals surface area contributed by atoms with E-state index in [0.717, 1.165) is 15.7 Å². The summed E-state index contributed by atoms with van der Waals surface area (Å²) in [5, 5.41) is 5.66. The molecule has 0 bridgehead atoms. The van der Waals surface area contributed by atoms with Gasteiger partial charge in [0.25, 0.3) is 5.56 Å². The third-order valence-corrected chi connectivity index (χ3v) is 5.02. The van der Waals surface area contributed by atoms with Crippen LogP contribution < -0.4 is 21.9 Å². The number of aromatic nitrogens is 4. The van der Waals surface area contributed by atoms with E-state index < -0.39 is 11.2 Å². The van der Waals surface area contributed by atoms with Crippen LogP contribution in [0.5, 0.6) is 0 Å². The zero-order chi connectivity index (χ0) is 25.0. The van der Waals surface area contributed by atoms with Crippen molar-refractivity contribution in [2.75, 3.05) is 25.0 Å². The lowest BCUT2D eigenvalue weighted by Crippen LogP contribution is -2.41. The van der Waals surface area contributed by atoms with Crippen LogP contribution in [-0.2, 0) is 27.4 Å². The molecule has 0 aromatic carbocycles. The van der Waals surface area contributed by atoms with Gasteiger partial charge in [-0.3, -0.25) is 33.5 Å². The largest absolute Gasteiger partial charge is 0.466 e. The number of nitrogens with one attached hydrogen (secondary N) is 2. The highest BCUT2D eigenvalue weighted by atomic mass is 16.5.